The lowest BCUT2D eigenvalue weighted by molar-refractivity contribution is 0.0526. The summed E-state index contributed by atoms with van der Waals surface area (Å²) in [5, 5.41) is 15.2. The molecule has 1 amide bonds. The van der Waals surface area contributed by atoms with Crippen molar-refractivity contribution in [3.8, 4) is 5.75 Å². The number of anilines is 1. The van der Waals surface area contributed by atoms with Gasteiger partial charge in [0.2, 0.25) is 0 Å². The first-order chi connectivity index (χ1) is 15.7. The van der Waals surface area contributed by atoms with Gasteiger partial charge in [0, 0.05) is 19.3 Å². The fourth-order valence-electron chi connectivity index (χ4n) is 3.14. The SMILES string of the molecule is CNc1cccc(CCc2ccc(C(=O)O)c(OCCCCCNC(=O)OC(C)(C)C)c2)n1. The Kier molecular flexibility index (Phi) is 9.97. The summed E-state index contributed by atoms with van der Waals surface area (Å²) in [7, 11) is 1.83. The molecule has 180 valence electrons. The van der Waals surface area contributed by atoms with Gasteiger partial charge in [-0.3, -0.25) is 0 Å². The Bertz CT molecular complexity index is 924. The van der Waals surface area contributed by atoms with Gasteiger partial charge in [-0.1, -0.05) is 12.1 Å². The average Bonchev–Trinajstić information content (AvgIpc) is 2.76. The topological polar surface area (TPSA) is 110 Å². The van der Waals surface area contributed by atoms with Crippen LogP contribution in [0.25, 0.3) is 0 Å². The van der Waals surface area contributed by atoms with Crippen molar-refractivity contribution in [3.05, 3.63) is 53.2 Å². The molecule has 0 saturated heterocycles. The van der Waals surface area contributed by atoms with Gasteiger partial charge in [-0.25, -0.2) is 14.6 Å². The van der Waals surface area contributed by atoms with Crippen LogP contribution >= 0.6 is 0 Å². The molecule has 3 N–H and O–H groups in total. The minimum absolute atomic E-state index is 0.153. The Hall–Kier alpha value is -3.29. The maximum absolute atomic E-state index is 11.6. The Morgan fingerprint density at radius 1 is 1.06 bits per heavy atom. The van der Waals surface area contributed by atoms with Crippen molar-refractivity contribution in [2.45, 2.75) is 58.5 Å². The van der Waals surface area contributed by atoms with E-state index in [2.05, 4.69) is 15.6 Å². The van der Waals surface area contributed by atoms with Crippen LogP contribution in [-0.4, -0.2) is 48.0 Å². The van der Waals surface area contributed by atoms with E-state index >= 15 is 0 Å². The molecule has 0 atom stereocenters. The number of pyridine rings is 1. The first-order valence-electron chi connectivity index (χ1n) is 11.3. The number of aromatic nitrogens is 1. The van der Waals surface area contributed by atoms with E-state index in [0.717, 1.165) is 49.2 Å². The first-order valence-corrected chi connectivity index (χ1v) is 11.3. The van der Waals surface area contributed by atoms with Crippen LogP contribution in [0, 0.1) is 0 Å². The van der Waals surface area contributed by atoms with Crippen LogP contribution in [0.1, 0.15) is 61.6 Å². The molecule has 0 aliphatic rings. The number of ether oxygens (including phenoxy) is 2. The third-order valence-corrected chi connectivity index (χ3v) is 4.76. The highest BCUT2D eigenvalue weighted by Crippen LogP contribution is 2.22. The molecule has 2 aromatic rings. The van der Waals surface area contributed by atoms with Gasteiger partial charge in [0.05, 0.1) is 6.61 Å². The minimum atomic E-state index is -1.01. The molecule has 1 aromatic carbocycles. The summed E-state index contributed by atoms with van der Waals surface area (Å²) in [6, 6.07) is 11.1. The molecule has 0 aliphatic carbocycles. The predicted molar refractivity (Wildman–Crippen MR) is 128 cm³/mol. The van der Waals surface area contributed by atoms with Gasteiger partial charge in [-0.15, -0.1) is 0 Å². The number of aryl methyl sites for hydroxylation is 2. The minimum Gasteiger partial charge on any atom is -0.493 e. The molecule has 0 unspecified atom stereocenters. The molecule has 0 saturated carbocycles. The molecular weight excluding hydrogens is 422 g/mol. The summed E-state index contributed by atoms with van der Waals surface area (Å²) in [5.41, 5.74) is 1.60. The van der Waals surface area contributed by atoms with Crippen LogP contribution in [0.4, 0.5) is 10.6 Å². The van der Waals surface area contributed by atoms with Crippen molar-refractivity contribution in [2.75, 3.05) is 25.5 Å². The molecule has 8 heteroatoms. The monoisotopic (exact) mass is 457 g/mol. The standard InChI is InChI=1S/C25H35N3O5/c1-25(2,3)33-24(31)27-15-6-5-7-16-32-21-17-18(12-14-20(21)23(29)30)11-13-19-9-8-10-22(26-4)28-19/h8-10,12,14,17H,5-7,11,13,15-16H2,1-4H3,(H,26,28)(H,27,31)(H,29,30). The number of carboxylic acids is 1. The maximum Gasteiger partial charge on any atom is 0.407 e. The summed E-state index contributed by atoms with van der Waals surface area (Å²) < 4.78 is 11.0. The quantitative estimate of drug-likeness (QED) is 0.397. The third-order valence-electron chi connectivity index (χ3n) is 4.76. The Morgan fingerprint density at radius 3 is 2.55 bits per heavy atom. The Balaban J connectivity index is 1.80. The molecule has 1 heterocycles. The van der Waals surface area contributed by atoms with Crippen molar-refractivity contribution >= 4 is 17.9 Å². The van der Waals surface area contributed by atoms with E-state index in [4.69, 9.17) is 9.47 Å². The number of benzene rings is 1. The fourth-order valence-corrected chi connectivity index (χ4v) is 3.14. The number of amides is 1. The number of unbranched alkanes of at least 4 members (excludes halogenated alkanes) is 2. The second-order valence-corrected chi connectivity index (χ2v) is 8.74. The summed E-state index contributed by atoms with van der Waals surface area (Å²) in [4.78, 5) is 27.7. The van der Waals surface area contributed by atoms with Crippen LogP contribution in [0.2, 0.25) is 0 Å². The van der Waals surface area contributed by atoms with E-state index in [1.165, 1.54) is 0 Å². The summed E-state index contributed by atoms with van der Waals surface area (Å²) in [6.45, 7) is 6.39. The number of rotatable bonds is 12. The molecular formula is C25H35N3O5. The number of nitrogens with zero attached hydrogens (tertiary/aromatic N) is 1. The molecule has 0 spiro atoms. The zero-order valence-corrected chi connectivity index (χ0v) is 19.9. The van der Waals surface area contributed by atoms with E-state index < -0.39 is 17.7 Å². The number of hydrogen-bond acceptors (Lipinski definition) is 6. The number of nitrogens with one attached hydrogen (secondary N) is 2. The smallest absolute Gasteiger partial charge is 0.407 e. The van der Waals surface area contributed by atoms with Crippen LogP contribution < -0.4 is 15.4 Å². The van der Waals surface area contributed by atoms with Gasteiger partial charge in [-0.05, 0) is 82.7 Å². The molecule has 0 aliphatic heterocycles. The van der Waals surface area contributed by atoms with Crippen molar-refractivity contribution in [3.63, 3.8) is 0 Å². The third kappa shape index (κ3) is 9.80. The fraction of sp³-hybridized carbons (Fsp3) is 0.480. The van der Waals surface area contributed by atoms with E-state index in [-0.39, 0.29) is 5.56 Å². The second kappa shape index (κ2) is 12.7. The maximum atomic E-state index is 11.6. The van der Waals surface area contributed by atoms with Crippen LogP contribution in [0.15, 0.2) is 36.4 Å². The number of carbonyl (C=O) groups excluding carboxylic acids is 1. The van der Waals surface area contributed by atoms with E-state index in [1.807, 2.05) is 52.1 Å². The highest BCUT2D eigenvalue weighted by molar-refractivity contribution is 5.91. The Labute approximate surface area is 195 Å². The first kappa shape index (κ1) is 26.0. The predicted octanol–water partition coefficient (Wildman–Crippen LogP) is 4.68. The van der Waals surface area contributed by atoms with Crippen LogP contribution in [0.5, 0.6) is 5.75 Å². The number of alkyl carbamates (subject to hydrolysis) is 1. The lowest BCUT2D eigenvalue weighted by Gasteiger charge is -2.19. The van der Waals surface area contributed by atoms with Crippen LogP contribution in [0.3, 0.4) is 0 Å². The van der Waals surface area contributed by atoms with E-state index in [0.29, 0.717) is 18.9 Å². The molecule has 8 nitrogen and oxygen atoms in total. The second-order valence-electron chi connectivity index (χ2n) is 8.74. The van der Waals surface area contributed by atoms with Crippen molar-refractivity contribution in [1.82, 2.24) is 10.3 Å². The van der Waals surface area contributed by atoms with Crippen molar-refractivity contribution < 1.29 is 24.2 Å². The largest absolute Gasteiger partial charge is 0.493 e. The van der Waals surface area contributed by atoms with Gasteiger partial charge in [-0.2, -0.15) is 0 Å². The number of hydrogen-bond donors (Lipinski definition) is 3. The van der Waals surface area contributed by atoms with Crippen LogP contribution in [-0.2, 0) is 17.6 Å². The highest BCUT2D eigenvalue weighted by atomic mass is 16.6. The average molecular weight is 458 g/mol. The van der Waals surface area contributed by atoms with Crippen molar-refractivity contribution in [1.29, 1.82) is 0 Å². The van der Waals surface area contributed by atoms with Gasteiger partial charge in [0.25, 0.3) is 0 Å². The summed E-state index contributed by atoms with van der Waals surface area (Å²) in [5.74, 6) is 0.185. The van der Waals surface area contributed by atoms with Gasteiger partial charge < -0.3 is 25.2 Å². The number of carbonyl (C=O) groups is 2. The molecule has 0 fully saturated rings. The highest BCUT2D eigenvalue weighted by Gasteiger charge is 2.15. The molecule has 1 aromatic heterocycles. The van der Waals surface area contributed by atoms with Gasteiger partial charge in [0.15, 0.2) is 0 Å². The molecule has 33 heavy (non-hydrogen) atoms. The van der Waals surface area contributed by atoms with E-state index in [9.17, 15) is 14.7 Å². The summed E-state index contributed by atoms with van der Waals surface area (Å²) in [6.07, 6.45) is 3.42. The number of aromatic carboxylic acids is 1. The normalized spacial score (nSPS) is 11.0. The zero-order chi connectivity index (χ0) is 24.3. The lowest BCUT2D eigenvalue weighted by atomic mass is 10.0. The van der Waals surface area contributed by atoms with Crippen molar-refractivity contribution in [2.24, 2.45) is 0 Å². The van der Waals surface area contributed by atoms with E-state index in [1.54, 1.807) is 12.1 Å². The zero-order valence-electron chi connectivity index (χ0n) is 19.9. The Morgan fingerprint density at radius 2 is 1.85 bits per heavy atom. The number of carboxylic acid groups (broad SMARTS) is 1. The van der Waals surface area contributed by atoms with Gasteiger partial charge >= 0.3 is 12.1 Å². The summed E-state index contributed by atoms with van der Waals surface area (Å²) >= 11 is 0. The molecule has 0 bridgehead atoms. The van der Waals surface area contributed by atoms with Gasteiger partial charge in [0.1, 0.15) is 22.7 Å². The molecule has 2 rings (SSSR count). The molecule has 0 radical (unpaired) electrons. The lowest BCUT2D eigenvalue weighted by Crippen LogP contribution is -2.33.